The van der Waals surface area contributed by atoms with Gasteiger partial charge in [0.25, 0.3) is 0 Å². The number of anilines is 5. The Balaban J connectivity index is 1.94. The summed E-state index contributed by atoms with van der Waals surface area (Å²) < 4.78 is 31.4. The van der Waals surface area contributed by atoms with Crippen molar-refractivity contribution in [2.24, 2.45) is 5.92 Å². The Morgan fingerprint density at radius 3 is 2.43 bits per heavy atom. The van der Waals surface area contributed by atoms with Crippen LogP contribution in [0.1, 0.15) is 37.5 Å². The molecule has 188 valence electrons. The number of nitrogens with zero attached hydrogens (tertiary/aromatic N) is 2. The second-order valence-corrected chi connectivity index (χ2v) is 11.0. The molecule has 0 radical (unpaired) electrons. The number of aromatic nitrogens is 2. The molecular weight excluding hydrogens is 486 g/mol. The molecule has 0 amide bonds. The van der Waals surface area contributed by atoms with Crippen LogP contribution in [-0.2, 0) is 22.9 Å². The first-order chi connectivity index (χ1) is 16.5. The van der Waals surface area contributed by atoms with Crippen LogP contribution in [0.2, 0.25) is 5.02 Å². The molecule has 0 fully saturated rings. The highest BCUT2D eigenvalue weighted by Crippen LogP contribution is 2.33. The Labute approximate surface area is 212 Å². The van der Waals surface area contributed by atoms with Crippen LogP contribution in [0.3, 0.4) is 0 Å². The van der Waals surface area contributed by atoms with Gasteiger partial charge >= 0.3 is 0 Å². The Bertz CT molecular complexity index is 1310. The van der Waals surface area contributed by atoms with Gasteiger partial charge in [0.1, 0.15) is 10.8 Å². The van der Waals surface area contributed by atoms with Crippen LogP contribution in [0.4, 0.5) is 28.8 Å². The van der Waals surface area contributed by atoms with Crippen LogP contribution >= 0.6 is 11.6 Å². The summed E-state index contributed by atoms with van der Waals surface area (Å²) in [6.07, 6.45) is 4.53. The minimum atomic E-state index is -3.52. The van der Waals surface area contributed by atoms with Gasteiger partial charge in [-0.3, -0.25) is 4.72 Å². The van der Waals surface area contributed by atoms with E-state index >= 15 is 0 Å². The predicted molar refractivity (Wildman–Crippen MR) is 144 cm³/mol. The molecular formula is C25H32ClN5O3S. The number of halogens is 1. The maximum atomic E-state index is 11.9. The van der Waals surface area contributed by atoms with Crippen molar-refractivity contribution < 1.29 is 13.2 Å². The first-order valence-corrected chi connectivity index (χ1v) is 13.6. The number of nitrogens with one attached hydrogen (secondary N) is 3. The third-order valence-electron chi connectivity index (χ3n) is 5.32. The van der Waals surface area contributed by atoms with Crippen molar-refractivity contribution in [2.45, 2.75) is 40.5 Å². The lowest BCUT2D eigenvalue weighted by Crippen LogP contribution is -2.11. The first-order valence-electron chi connectivity index (χ1n) is 11.3. The number of aryl methyl sites for hydroxylation is 2. The number of methoxy groups -OCH3 is 1. The fourth-order valence-corrected chi connectivity index (χ4v) is 4.42. The van der Waals surface area contributed by atoms with Crippen molar-refractivity contribution in [1.29, 1.82) is 0 Å². The summed E-state index contributed by atoms with van der Waals surface area (Å²) in [7, 11) is -2.02. The van der Waals surface area contributed by atoms with E-state index in [9.17, 15) is 8.42 Å². The molecule has 10 heteroatoms. The average molecular weight is 518 g/mol. The van der Waals surface area contributed by atoms with E-state index in [1.807, 2.05) is 0 Å². The van der Waals surface area contributed by atoms with Crippen molar-refractivity contribution in [2.75, 3.05) is 28.7 Å². The van der Waals surface area contributed by atoms with E-state index in [1.165, 1.54) is 24.4 Å². The molecule has 0 spiro atoms. The summed E-state index contributed by atoms with van der Waals surface area (Å²) in [5.41, 5.74) is 5.43. The van der Waals surface area contributed by atoms with Crippen molar-refractivity contribution in [1.82, 2.24) is 9.97 Å². The smallest absolute Gasteiger partial charge is 0.229 e. The summed E-state index contributed by atoms with van der Waals surface area (Å²) in [6.45, 7) is 8.63. The normalized spacial score (nSPS) is 11.4. The Kier molecular flexibility index (Phi) is 8.45. The average Bonchev–Trinajstić information content (AvgIpc) is 2.77. The third-order valence-corrected chi connectivity index (χ3v) is 6.19. The van der Waals surface area contributed by atoms with Gasteiger partial charge in [-0.2, -0.15) is 4.98 Å². The molecule has 3 rings (SSSR count). The third kappa shape index (κ3) is 7.22. The van der Waals surface area contributed by atoms with Gasteiger partial charge in [-0.25, -0.2) is 13.4 Å². The summed E-state index contributed by atoms with van der Waals surface area (Å²) >= 11 is 6.37. The zero-order valence-corrected chi connectivity index (χ0v) is 22.4. The molecule has 0 saturated heterocycles. The highest BCUT2D eigenvalue weighted by atomic mass is 35.5. The highest BCUT2D eigenvalue weighted by Gasteiger charge is 2.14. The van der Waals surface area contributed by atoms with E-state index in [2.05, 4.69) is 65.2 Å². The molecule has 0 atom stereocenters. The van der Waals surface area contributed by atoms with Crippen LogP contribution in [-0.4, -0.2) is 31.8 Å². The van der Waals surface area contributed by atoms with Crippen molar-refractivity contribution in [3.05, 3.63) is 58.2 Å². The number of hydrogen-bond donors (Lipinski definition) is 3. The molecule has 0 aliphatic heterocycles. The van der Waals surface area contributed by atoms with Gasteiger partial charge in [-0.15, -0.1) is 0 Å². The molecule has 0 aliphatic carbocycles. The SMILES string of the molecule is CCc1cc(C)c(Nc2ncc(Cl)c(Nc3ccc(OC)cc3NS(C)(=O)=O)n2)cc1CC(C)C. The molecule has 35 heavy (non-hydrogen) atoms. The van der Waals surface area contributed by atoms with Crippen LogP contribution in [0.5, 0.6) is 5.75 Å². The quantitative estimate of drug-likeness (QED) is 0.300. The minimum absolute atomic E-state index is 0.287. The van der Waals surface area contributed by atoms with Gasteiger partial charge in [0, 0.05) is 11.8 Å². The number of hydrogen-bond acceptors (Lipinski definition) is 7. The number of rotatable bonds is 10. The zero-order valence-electron chi connectivity index (χ0n) is 20.9. The van der Waals surface area contributed by atoms with Crippen molar-refractivity contribution in [3.63, 3.8) is 0 Å². The molecule has 0 saturated carbocycles. The maximum absolute atomic E-state index is 11.9. The maximum Gasteiger partial charge on any atom is 0.229 e. The van der Waals surface area contributed by atoms with E-state index < -0.39 is 10.0 Å². The molecule has 8 nitrogen and oxygen atoms in total. The molecule has 3 N–H and O–H groups in total. The summed E-state index contributed by atoms with van der Waals surface area (Å²) in [5.74, 6) is 1.74. The van der Waals surface area contributed by atoms with Gasteiger partial charge < -0.3 is 15.4 Å². The molecule has 2 aromatic carbocycles. The molecule has 0 unspecified atom stereocenters. The largest absolute Gasteiger partial charge is 0.497 e. The molecule has 1 heterocycles. The van der Waals surface area contributed by atoms with E-state index in [-0.39, 0.29) is 5.02 Å². The van der Waals surface area contributed by atoms with Crippen LogP contribution in [0, 0.1) is 12.8 Å². The van der Waals surface area contributed by atoms with Crippen LogP contribution in [0.15, 0.2) is 36.5 Å². The van der Waals surface area contributed by atoms with Crippen molar-refractivity contribution >= 4 is 50.5 Å². The van der Waals surface area contributed by atoms with Crippen molar-refractivity contribution in [3.8, 4) is 5.75 Å². The van der Waals surface area contributed by atoms with E-state index in [1.54, 1.807) is 18.2 Å². The molecule has 1 aromatic heterocycles. The van der Waals surface area contributed by atoms with E-state index in [0.717, 1.165) is 30.3 Å². The molecule has 3 aromatic rings. The number of sulfonamides is 1. The Morgan fingerprint density at radius 2 is 1.80 bits per heavy atom. The monoisotopic (exact) mass is 517 g/mol. The summed E-state index contributed by atoms with van der Waals surface area (Å²) in [5, 5.41) is 6.70. The van der Waals surface area contributed by atoms with Crippen LogP contribution in [0.25, 0.3) is 0 Å². The summed E-state index contributed by atoms with van der Waals surface area (Å²) in [6, 6.07) is 9.33. The standard InChI is InChI=1S/C25H32ClN5O3S/c1-7-17-11-16(4)22(12-18(17)10-15(2)3)29-25-27-14-20(26)24(30-25)28-21-9-8-19(34-5)13-23(21)31-35(6,32)33/h8-9,11-15,31H,7,10H2,1-6H3,(H2,27,28,29,30). The lowest BCUT2D eigenvalue weighted by Gasteiger charge is -2.17. The first kappa shape index (κ1) is 26.6. The Hall–Kier alpha value is -3.04. The topological polar surface area (TPSA) is 105 Å². The number of ether oxygens (including phenoxy) is 1. The van der Waals surface area contributed by atoms with Gasteiger partial charge in [0.05, 0.1) is 30.9 Å². The van der Waals surface area contributed by atoms with E-state index in [0.29, 0.717) is 34.8 Å². The lowest BCUT2D eigenvalue weighted by atomic mass is 9.94. The van der Waals surface area contributed by atoms with Gasteiger partial charge in [-0.05, 0) is 60.6 Å². The zero-order chi connectivity index (χ0) is 25.8. The summed E-state index contributed by atoms with van der Waals surface area (Å²) in [4.78, 5) is 8.88. The second-order valence-electron chi connectivity index (χ2n) is 8.81. The molecule has 0 bridgehead atoms. The minimum Gasteiger partial charge on any atom is -0.497 e. The van der Waals surface area contributed by atoms with E-state index in [4.69, 9.17) is 16.3 Å². The van der Waals surface area contributed by atoms with Gasteiger partial charge in [0.2, 0.25) is 16.0 Å². The Morgan fingerprint density at radius 1 is 1.06 bits per heavy atom. The predicted octanol–water partition coefficient (Wildman–Crippen LogP) is 6.07. The molecule has 0 aliphatic rings. The number of benzene rings is 2. The second kappa shape index (κ2) is 11.1. The lowest BCUT2D eigenvalue weighted by molar-refractivity contribution is 0.415. The highest BCUT2D eigenvalue weighted by molar-refractivity contribution is 7.92. The fourth-order valence-electron chi connectivity index (χ4n) is 3.71. The van der Waals surface area contributed by atoms with Gasteiger partial charge in [-0.1, -0.05) is 38.4 Å². The van der Waals surface area contributed by atoms with Crippen LogP contribution < -0.4 is 20.1 Å². The van der Waals surface area contributed by atoms with Gasteiger partial charge in [0.15, 0.2) is 5.82 Å². The fraction of sp³-hybridized carbons (Fsp3) is 0.360.